The van der Waals surface area contributed by atoms with Crippen molar-refractivity contribution < 1.29 is 9.47 Å². The van der Waals surface area contributed by atoms with E-state index in [1.807, 2.05) is 12.1 Å². The lowest BCUT2D eigenvalue weighted by Gasteiger charge is -2.29. The van der Waals surface area contributed by atoms with Crippen LogP contribution in [0.4, 0.5) is 0 Å². The van der Waals surface area contributed by atoms with Gasteiger partial charge in [0.05, 0.1) is 13.7 Å². The monoisotopic (exact) mass is 475 g/mol. The number of nitrogens with zero attached hydrogens (tertiary/aromatic N) is 1. The van der Waals surface area contributed by atoms with Crippen LogP contribution in [0.3, 0.4) is 0 Å². The van der Waals surface area contributed by atoms with Crippen LogP contribution in [-0.4, -0.2) is 36.7 Å². The standard InChI is InChI=1S/C29H49NO2S/c1-3-4-5-6-7-8-9-10-11-12-13-14-15-19-24-32-27-21-20-26(25-28(27)31-2)29(33)30-22-17-16-18-23-30/h20-21,25H,3-19,22-24H2,1-2H3. The molecule has 0 N–H and O–H groups in total. The van der Waals surface area contributed by atoms with Gasteiger partial charge >= 0.3 is 0 Å². The molecule has 0 amide bonds. The Kier molecular flexibility index (Phi) is 15.3. The molecule has 1 aromatic carbocycles. The zero-order valence-corrected chi connectivity index (χ0v) is 22.4. The molecule has 4 heteroatoms. The lowest BCUT2D eigenvalue weighted by Crippen LogP contribution is -2.34. The van der Waals surface area contributed by atoms with Crippen molar-refractivity contribution in [1.29, 1.82) is 0 Å². The Labute approximate surface area is 209 Å². The highest BCUT2D eigenvalue weighted by molar-refractivity contribution is 7.80. The maximum atomic E-state index is 6.03. The number of thiocarbonyl (C=S) groups is 1. The molecule has 0 bridgehead atoms. The first-order valence-electron chi connectivity index (χ1n) is 13.9. The maximum absolute atomic E-state index is 6.03. The second kappa shape index (κ2) is 18.1. The summed E-state index contributed by atoms with van der Waals surface area (Å²) in [5.41, 5.74) is 1.06. The Morgan fingerprint density at radius 3 is 1.85 bits per heavy atom. The lowest BCUT2D eigenvalue weighted by molar-refractivity contribution is 0.284. The minimum absolute atomic E-state index is 0.754. The van der Waals surface area contributed by atoms with Crippen LogP contribution < -0.4 is 9.47 Å². The smallest absolute Gasteiger partial charge is 0.161 e. The molecule has 0 atom stereocenters. The van der Waals surface area contributed by atoms with E-state index in [1.165, 1.54) is 103 Å². The highest BCUT2D eigenvalue weighted by atomic mass is 32.1. The number of methoxy groups -OCH3 is 1. The molecular weight excluding hydrogens is 426 g/mol. The second-order valence-electron chi connectivity index (χ2n) is 9.66. The highest BCUT2D eigenvalue weighted by Gasteiger charge is 2.16. The molecule has 0 radical (unpaired) electrons. The van der Waals surface area contributed by atoms with Gasteiger partial charge in [-0.05, 0) is 43.9 Å². The van der Waals surface area contributed by atoms with E-state index >= 15 is 0 Å². The van der Waals surface area contributed by atoms with Crippen molar-refractivity contribution in [2.75, 3.05) is 26.8 Å². The van der Waals surface area contributed by atoms with Crippen molar-refractivity contribution in [1.82, 2.24) is 4.90 Å². The van der Waals surface area contributed by atoms with Crippen LogP contribution in [0.5, 0.6) is 11.5 Å². The fourth-order valence-electron chi connectivity index (χ4n) is 4.68. The summed E-state index contributed by atoms with van der Waals surface area (Å²) < 4.78 is 11.6. The van der Waals surface area contributed by atoms with Crippen LogP contribution in [0.1, 0.15) is 122 Å². The van der Waals surface area contributed by atoms with Gasteiger partial charge in [0.15, 0.2) is 11.5 Å². The van der Waals surface area contributed by atoms with Gasteiger partial charge in [0.25, 0.3) is 0 Å². The van der Waals surface area contributed by atoms with Crippen LogP contribution >= 0.6 is 12.2 Å². The number of piperidine rings is 1. The minimum atomic E-state index is 0.754. The van der Waals surface area contributed by atoms with Gasteiger partial charge in [-0.3, -0.25) is 0 Å². The first-order valence-corrected chi connectivity index (χ1v) is 14.3. The third-order valence-corrected chi connectivity index (χ3v) is 7.30. The minimum Gasteiger partial charge on any atom is -0.493 e. The lowest BCUT2D eigenvalue weighted by atomic mass is 10.0. The number of hydrogen-bond donors (Lipinski definition) is 0. The van der Waals surface area contributed by atoms with E-state index in [-0.39, 0.29) is 0 Å². The summed E-state index contributed by atoms with van der Waals surface area (Å²) in [6.07, 6.45) is 23.0. The van der Waals surface area contributed by atoms with Gasteiger partial charge in [-0.15, -0.1) is 0 Å². The topological polar surface area (TPSA) is 21.7 Å². The summed E-state index contributed by atoms with van der Waals surface area (Å²) in [4.78, 5) is 3.26. The average molecular weight is 476 g/mol. The number of hydrogen-bond acceptors (Lipinski definition) is 3. The Hall–Kier alpha value is -1.29. The van der Waals surface area contributed by atoms with Crippen molar-refractivity contribution in [3.05, 3.63) is 23.8 Å². The average Bonchev–Trinajstić information content (AvgIpc) is 2.86. The van der Waals surface area contributed by atoms with E-state index in [2.05, 4.69) is 17.9 Å². The van der Waals surface area contributed by atoms with Gasteiger partial charge in [-0.2, -0.15) is 0 Å². The molecule has 1 aliphatic rings. The van der Waals surface area contributed by atoms with Gasteiger partial charge < -0.3 is 14.4 Å². The molecule has 0 spiro atoms. The Balaban J connectivity index is 1.51. The van der Waals surface area contributed by atoms with Crippen molar-refractivity contribution in [2.45, 2.75) is 116 Å². The van der Waals surface area contributed by atoms with Gasteiger partial charge in [-0.1, -0.05) is 103 Å². The Morgan fingerprint density at radius 2 is 1.30 bits per heavy atom. The summed E-state index contributed by atoms with van der Waals surface area (Å²) >= 11 is 5.73. The summed E-state index contributed by atoms with van der Waals surface area (Å²) in [6, 6.07) is 6.14. The molecule has 1 fully saturated rings. The number of likely N-dealkylation sites (tertiary alicyclic amines) is 1. The van der Waals surface area contributed by atoms with Crippen molar-refractivity contribution in [3.8, 4) is 11.5 Å². The largest absolute Gasteiger partial charge is 0.493 e. The van der Waals surface area contributed by atoms with Gasteiger partial charge in [0, 0.05) is 18.7 Å². The van der Waals surface area contributed by atoms with Crippen LogP contribution in [0.2, 0.25) is 0 Å². The number of ether oxygens (including phenoxy) is 2. The summed E-state index contributed by atoms with van der Waals surface area (Å²) in [6.45, 7) is 5.18. The normalized spacial score (nSPS) is 13.8. The number of rotatable bonds is 18. The molecule has 1 aromatic rings. The molecule has 0 aliphatic carbocycles. The second-order valence-corrected chi connectivity index (χ2v) is 10.0. The predicted octanol–water partition coefficient (Wildman–Crippen LogP) is 8.72. The summed E-state index contributed by atoms with van der Waals surface area (Å²) in [5, 5.41) is 0. The molecule has 1 aliphatic heterocycles. The fourth-order valence-corrected chi connectivity index (χ4v) is 4.99. The summed E-state index contributed by atoms with van der Waals surface area (Å²) in [5.74, 6) is 1.62. The number of unbranched alkanes of at least 4 members (excludes halogenated alkanes) is 13. The molecule has 0 saturated carbocycles. The Bertz CT molecular complexity index is 643. The molecule has 1 heterocycles. The maximum Gasteiger partial charge on any atom is 0.161 e. The van der Waals surface area contributed by atoms with Gasteiger partial charge in [0.1, 0.15) is 4.99 Å². The van der Waals surface area contributed by atoms with Crippen molar-refractivity contribution in [2.24, 2.45) is 0 Å². The molecule has 33 heavy (non-hydrogen) atoms. The van der Waals surface area contributed by atoms with Gasteiger partial charge in [0.2, 0.25) is 0 Å². The SMILES string of the molecule is CCCCCCCCCCCCCCCCOc1ccc(C(=S)N2CCCCC2)cc1OC. The first-order chi connectivity index (χ1) is 16.3. The van der Waals surface area contributed by atoms with E-state index in [9.17, 15) is 0 Å². The quantitative estimate of drug-likeness (QED) is 0.156. The molecule has 188 valence electrons. The third kappa shape index (κ3) is 11.6. The Morgan fingerprint density at radius 1 is 0.758 bits per heavy atom. The molecular formula is C29H49NO2S. The zero-order chi connectivity index (χ0) is 23.6. The van der Waals surface area contributed by atoms with Crippen LogP contribution in [-0.2, 0) is 0 Å². The van der Waals surface area contributed by atoms with E-state index in [4.69, 9.17) is 21.7 Å². The number of benzene rings is 1. The van der Waals surface area contributed by atoms with Crippen LogP contribution in [0.15, 0.2) is 18.2 Å². The van der Waals surface area contributed by atoms with Crippen molar-refractivity contribution in [3.63, 3.8) is 0 Å². The van der Waals surface area contributed by atoms with Crippen LogP contribution in [0, 0.1) is 0 Å². The first kappa shape index (κ1) is 28.0. The fraction of sp³-hybridized carbons (Fsp3) is 0.759. The van der Waals surface area contributed by atoms with Gasteiger partial charge in [-0.25, -0.2) is 0 Å². The predicted molar refractivity (Wildman–Crippen MR) is 146 cm³/mol. The van der Waals surface area contributed by atoms with Crippen LogP contribution in [0.25, 0.3) is 0 Å². The third-order valence-electron chi connectivity index (χ3n) is 6.81. The van der Waals surface area contributed by atoms with Crippen molar-refractivity contribution >= 4 is 17.2 Å². The molecule has 0 aromatic heterocycles. The molecule has 0 unspecified atom stereocenters. The zero-order valence-electron chi connectivity index (χ0n) is 21.5. The summed E-state index contributed by atoms with van der Waals surface area (Å²) in [7, 11) is 1.71. The van der Waals surface area contributed by atoms with E-state index in [0.717, 1.165) is 48.2 Å². The van der Waals surface area contributed by atoms with E-state index in [1.54, 1.807) is 7.11 Å². The molecule has 1 saturated heterocycles. The van der Waals surface area contributed by atoms with E-state index < -0.39 is 0 Å². The van der Waals surface area contributed by atoms with E-state index in [0.29, 0.717) is 0 Å². The highest BCUT2D eigenvalue weighted by Crippen LogP contribution is 2.29. The molecule has 3 nitrogen and oxygen atoms in total. The molecule has 2 rings (SSSR count).